The number of halogens is 1. The third kappa shape index (κ3) is 2.94. The zero-order valence-corrected chi connectivity index (χ0v) is 14.3. The monoisotopic (exact) mass is 370 g/mol. The van der Waals surface area contributed by atoms with Gasteiger partial charge < -0.3 is 10.2 Å². The summed E-state index contributed by atoms with van der Waals surface area (Å²) in [5.41, 5.74) is 0.617. The molecule has 1 atom stereocenters. The first-order chi connectivity index (χ1) is 12.9. The summed E-state index contributed by atoms with van der Waals surface area (Å²) >= 11 is 0. The molecule has 1 N–H and O–H groups in total. The van der Waals surface area contributed by atoms with E-state index in [9.17, 15) is 18.8 Å². The van der Waals surface area contributed by atoms with E-state index in [1.807, 2.05) is 0 Å². The van der Waals surface area contributed by atoms with Crippen LogP contribution in [0.3, 0.4) is 0 Å². The summed E-state index contributed by atoms with van der Waals surface area (Å²) in [5.74, 6) is -1.15. The number of β-lactam (4-membered cyclic amide) rings is 1. The Morgan fingerprint density at radius 3 is 2.74 bits per heavy atom. The van der Waals surface area contributed by atoms with Crippen LogP contribution in [-0.2, 0) is 23.2 Å². The third-order valence-electron chi connectivity index (χ3n) is 4.43. The number of carbonyl (C=O) groups excluding carboxylic acids is 2. The number of benzene rings is 1. The first kappa shape index (κ1) is 16.9. The Bertz CT molecular complexity index is 1100. The average molecular weight is 370 g/mol. The Morgan fingerprint density at radius 2 is 2.04 bits per heavy atom. The fourth-order valence-corrected chi connectivity index (χ4v) is 2.96. The second-order valence-corrected chi connectivity index (χ2v) is 6.23. The summed E-state index contributed by atoms with van der Waals surface area (Å²) in [6, 6.07) is 4.86. The lowest BCUT2D eigenvalue weighted by Crippen LogP contribution is -2.64. The standard InChI is InChI=1S/C17H15FN6O3/c1-22-15-12(6-20-22)16(26)23(9-19-15)8-14(25)21-13-7-24(17(13)27)11-4-2-10(18)3-5-11/h2-6,9,13H,7-8H2,1H3,(H,21,25). The Morgan fingerprint density at radius 1 is 1.30 bits per heavy atom. The maximum Gasteiger partial charge on any atom is 0.264 e. The van der Waals surface area contributed by atoms with Crippen molar-refractivity contribution in [2.75, 3.05) is 11.4 Å². The van der Waals surface area contributed by atoms with Gasteiger partial charge in [-0.3, -0.25) is 23.6 Å². The first-order valence-corrected chi connectivity index (χ1v) is 8.17. The molecule has 4 rings (SSSR count). The van der Waals surface area contributed by atoms with Gasteiger partial charge in [-0.1, -0.05) is 0 Å². The topological polar surface area (TPSA) is 102 Å². The highest BCUT2D eigenvalue weighted by atomic mass is 19.1. The van der Waals surface area contributed by atoms with Crippen LogP contribution in [0.1, 0.15) is 0 Å². The van der Waals surface area contributed by atoms with Crippen molar-refractivity contribution in [3.05, 3.63) is 53.0 Å². The van der Waals surface area contributed by atoms with E-state index < -0.39 is 11.9 Å². The van der Waals surface area contributed by atoms with Crippen molar-refractivity contribution < 1.29 is 14.0 Å². The smallest absolute Gasteiger partial charge is 0.264 e. The maximum atomic E-state index is 13.0. The van der Waals surface area contributed by atoms with Crippen LogP contribution in [0.15, 0.2) is 41.6 Å². The molecule has 1 aromatic carbocycles. The van der Waals surface area contributed by atoms with Gasteiger partial charge in [-0.15, -0.1) is 0 Å². The van der Waals surface area contributed by atoms with E-state index in [1.54, 1.807) is 7.05 Å². The van der Waals surface area contributed by atoms with Gasteiger partial charge in [0.05, 0.1) is 12.7 Å². The van der Waals surface area contributed by atoms with Crippen LogP contribution in [-0.4, -0.2) is 43.7 Å². The average Bonchev–Trinajstić information content (AvgIpc) is 3.03. The van der Waals surface area contributed by atoms with Gasteiger partial charge in [0.15, 0.2) is 5.65 Å². The van der Waals surface area contributed by atoms with E-state index in [0.717, 1.165) is 0 Å². The van der Waals surface area contributed by atoms with E-state index >= 15 is 0 Å². The van der Waals surface area contributed by atoms with Crippen molar-refractivity contribution in [1.29, 1.82) is 0 Å². The normalized spacial score (nSPS) is 16.4. The molecule has 2 amide bonds. The molecule has 3 heterocycles. The van der Waals surface area contributed by atoms with Crippen LogP contribution < -0.4 is 15.8 Å². The second kappa shape index (κ2) is 6.31. The summed E-state index contributed by atoms with van der Waals surface area (Å²) in [4.78, 5) is 42.3. The number of aryl methyl sites for hydroxylation is 1. The fraction of sp³-hybridized carbons (Fsp3) is 0.235. The fourth-order valence-electron chi connectivity index (χ4n) is 2.96. The minimum absolute atomic E-state index is 0.253. The number of rotatable bonds is 4. The predicted octanol–water partition coefficient (Wildman–Crippen LogP) is -0.199. The molecule has 27 heavy (non-hydrogen) atoms. The van der Waals surface area contributed by atoms with Crippen LogP contribution in [0.25, 0.3) is 11.0 Å². The number of hydrogen-bond donors (Lipinski definition) is 1. The van der Waals surface area contributed by atoms with Crippen LogP contribution in [0.2, 0.25) is 0 Å². The van der Waals surface area contributed by atoms with Crippen LogP contribution in [0.4, 0.5) is 10.1 Å². The van der Waals surface area contributed by atoms with Crippen molar-refractivity contribution in [2.24, 2.45) is 7.05 Å². The zero-order chi connectivity index (χ0) is 19.1. The van der Waals surface area contributed by atoms with Gasteiger partial charge >= 0.3 is 0 Å². The van der Waals surface area contributed by atoms with Gasteiger partial charge in [0.2, 0.25) is 5.91 Å². The molecule has 1 unspecified atom stereocenters. The molecule has 0 saturated carbocycles. The lowest BCUT2D eigenvalue weighted by molar-refractivity contribution is -0.131. The van der Waals surface area contributed by atoms with Crippen LogP contribution >= 0.6 is 0 Å². The lowest BCUT2D eigenvalue weighted by Gasteiger charge is -2.38. The Balaban J connectivity index is 1.41. The summed E-state index contributed by atoms with van der Waals surface area (Å²) in [6.07, 6.45) is 2.68. The molecule has 9 nitrogen and oxygen atoms in total. The number of hydrogen-bond acceptors (Lipinski definition) is 5. The number of aromatic nitrogens is 4. The van der Waals surface area contributed by atoms with Gasteiger partial charge in [-0.25, -0.2) is 9.37 Å². The largest absolute Gasteiger partial charge is 0.341 e. The number of carbonyl (C=O) groups is 2. The molecule has 0 radical (unpaired) electrons. The highest BCUT2D eigenvalue weighted by molar-refractivity contribution is 6.05. The number of fused-ring (bicyclic) bond motifs is 1. The van der Waals surface area contributed by atoms with E-state index in [0.29, 0.717) is 16.7 Å². The van der Waals surface area contributed by atoms with Gasteiger partial charge in [0.1, 0.15) is 30.1 Å². The van der Waals surface area contributed by atoms with Crippen molar-refractivity contribution in [2.45, 2.75) is 12.6 Å². The molecule has 1 fully saturated rings. The molecule has 0 aliphatic carbocycles. The third-order valence-corrected chi connectivity index (χ3v) is 4.43. The minimum atomic E-state index is -0.673. The molecule has 2 aromatic heterocycles. The van der Waals surface area contributed by atoms with Crippen molar-refractivity contribution in [1.82, 2.24) is 24.6 Å². The molecule has 1 aliphatic heterocycles. The predicted molar refractivity (Wildman–Crippen MR) is 93.5 cm³/mol. The molecule has 10 heteroatoms. The van der Waals surface area contributed by atoms with Crippen molar-refractivity contribution >= 4 is 28.5 Å². The van der Waals surface area contributed by atoms with Gasteiger partial charge in [-0.2, -0.15) is 5.10 Å². The molecule has 1 saturated heterocycles. The van der Waals surface area contributed by atoms with E-state index in [1.165, 1.54) is 50.9 Å². The highest BCUT2D eigenvalue weighted by Crippen LogP contribution is 2.22. The molecular weight excluding hydrogens is 355 g/mol. The Hall–Kier alpha value is -3.56. The molecule has 0 bridgehead atoms. The maximum absolute atomic E-state index is 13.0. The molecule has 1 aliphatic rings. The number of nitrogens with one attached hydrogen (secondary N) is 1. The van der Waals surface area contributed by atoms with Crippen LogP contribution in [0.5, 0.6) is 0 Å². The summed E-state index contributed by atoms with van der Waals surface area (Å²) in [7, 11) is 1.67. The summed E-state index contributed by atoms with van der Waals surface area (Å²) < 4.78 is 15.6. The van der Waals surface area contributed by atoms with E-state index in [2.05, 4.69) is 15.4 Å². The molecular formula is C17H15FN6O3. The van der Waals surface area contributed by atoms with E-state index in [4.69, 9.17) is 0 Å². The van der Waals surface area contributed by atoms with E-state index in [-0.39, 0.29) is 30.4 Å². The Kier molecular flexibility index (Phi) is 3.94. The van der Waals surface area contributed by atoms with Crippen molar-refractivity contribution in [3.8, 4) is 0 Å². The molecule has 138 valence electrons. The Labute approximate surface area is 152 Å². The van der Waals surface area contributed by atoms with Gasteiger partial charge in [-0.05, 0) is 24.3 Å². The summed E-state index contributed by atoms with van der Waals surface area (Å²) in [6.45, 7) is 0.0298. The highest BCUT2D eigenvalue weighted by Gasteiger charge is 2.38. The summed E-state index contributed by atoms with van der Waals surface area (Å²) in [5, 5.41) is 6.88. The quantitative estimate of drug-likeness (QED) is 0.641. The number of anilines is 1. The first-order valence-electron chi connectivity index (χ1n) is 8.17. The number of amides is 2. The number of nitrogens with zero attached hydrogens (tertiary/aromatic N) is 5. The van der Waals surface area contributed by atoms with Gasteiger partial charge in [0.25, 0.3) is 11.5 Å². The lowest BCUT2D eigenvalue weighted by atomic mass is 10.1. The van der Waals surface area contributed by atoms with Crippen molar-refractivity contribution in [3.63, 3.8) is 0 Å². The zero-order valence-electron chi connectivity index (χ0n) is 14.3. The van der Waals surface area contributed by atoms with Gasteiger partial charge in [0, 0.05) is 12.7 Å². The molecule has 3 aromatic rings. The minimum Gasteiger partial charge on any atom is -0.341 e. The SMILES string of the molecule is Cn1ncc2c(=O)n(CC(=O)NC3CN(c4ccc(F)cc4)C3=O)cnc21. The second-order valence-electron chi connectivity index (χ2n) is 6.23. The molecule has 0 spiro atoms. The van der Waals surface area contributed by atoms with Crippen LogP contribution in [0, 0.1) is 5.82 Å².